The second kappa shape index (κ2) is 10.6. The van der Waals surface area contributed by atoms with Crippen molar-refractivity contribution in [2.75, 3.05) is 23.3 Å². The lowest BCUT2D eigenvalue weighted by atomic mass is 10.1. The van der Waals surface area contributed by atoms with Gasteiger partial charge in [-0.25, -0.2) is 9.78 Å². The first kappa shape index (κ1) is 26.7. The number of hydrogen-bond acceptors (Lipinski definition) is 7. The number of carbonyl (C=O) groups is 3. The maximum absolute atomic E-state index is 13.5. The van der Waals surface area contributed by atoms with E-state index in [1.54, 1.807) is 28.1 Å². The minimum Gasteiger partial charge on any atom is -0.457 e. The number of allylic oxidation sites excluding steroid dienone is 1. The van der Waals surface area contributed by atoms with Crippen LogP contribution < -0.4 is 20.3 Å². The first-order chi connectivity index (χ1) is 20.9. The average molecular weight is 591 g/mol. The summed E-state index contributed by atoms with van der Waals surface area (Å²) in [4.78, 5) is 48.2. The van der Waals surface area contributed by atoms with Gasteiger partial charge >= 0.3 is 6.03 Å². The number of pyridine rings is 1. The van der Waals surface area contributed by atoms with Crippen LogP contribution in [0.4, 0.5) is 21.9 Å². The number of benzene rings is 2. The van der Waals surface area contributed by atoms with E-state index in [2.05, 4.69) is 15.6 Å². The Morgan fingerprint density at radius 3 is 2.63 bits per heavy atom. The first-order valence-corrected chi connectivity index (χ1v) is 14.8. The van der Waals surface area contributed by atoms with Crippen LogP contribution in [0.2, 0.25) is 0 Å². The molecule has 4 aromatic rings. The van der Waals surface area contributed by atoms with Crippen molar-refractivity contribution in [2.45, 2.75) is 25.8 Å². The molecule has 1 aliphatic carbocycles. The molecule has 10 nitrogen and oxygen atoms in total. The normalized spacial score (nSPS) is 16.4. The summed E-state index contributed by atoms with van der Waals surface area (Å²) >= 11 is 1.21. The summed E-state index contributed by atoms with van der Waals surface area (Å²) in [6.45, 7) is 2.55. The van der Waals surface area contributed by atoms with Crippen LogP contribution >= 0.6 is 11.3 Å². The number of thiophene rings is 1. The number of ether oxygens (including phenoxy) is 1. The topological polar surface area (TPSA) is 128 Å². The Morgan fingerprint density at radius 2 is 1.91 bits per heavy atom. The summed E-state index contributed by atoms with van der Waals surface area (Å²) in [5.41, 5.74) is 2.74. The molecule has 0 radical (unpaired) electrons. The zero-order valence-corrected chi connectivity index (χ0v) is 24.0. The van der Waals surface area contributed by atoms with Gasteiger partial charge in [-0.3, -0.25) is 14.5 Å². The van der Waals surface area contributed by atoms with Gasteiger partial charge in [-0.15, -0.1) is 11.3 Å². The van der Waals surface area contributed by atoms with E-state index in [0.717, 1.165) is 18.4 Å². The SMILES string of the molecule is Cc1cc(Oc2ccccc2)ccc1N1C(=O)Nc2c(C(=O)NC3CN(C(=O)C(C#N)=CC4CC4)C3)sc3nccc1c23. The van der Waals surface area contributed by atoms with Gasteiger partial charge in [0.15, 0.2) is 0 Å². The smallest absolute Gasteiger partial charge is 0.331 e. The highest BCUT2D eigenvalue weighted by atomic mass is 32.1. The van der Waals surface area contributed by atoms with Gasteiger partial charge in [0.2, 0.25) is 0 Å². The third-order valence-electron chi connectivity index (χ3n) is 7.72. The molecule has 4 heterocycles. The summed E-state index contributed by atoms with van der Waals surface area (Å²) in [6.07, 6.45) is 5.40. The minimum absolute atomic E-state index is 0.167. The number of carbonyl (C=O) groups excluding carboxylic acids is 3. The molecule has 2 aromatic carbocycles. The van der Waals surface area contributed by atoms with Crippen molar-refractivity contribution in [1.29, 1.82) is 5.26 Å². The zero-order chi connectivity index (χ0) is 29.7. The lowest BCUT2D eigenvalue weighted by molar-refractivity contribution is -0.131. The van der Waals surface area contributed by atoms with Gasteiger partial charge in [-0.05, 0) is 67.6 Å². The number of nitriles is 1. The molecule has 0 unspecified atom stereocenters. The van der Waals surface area contributed by atoms with Gasteiger partial charge in [0.25, 0.3) is 11.8 Å². The van der Waals surface area contributed by atoms with Crippen LogP contribution in [-0.4, -0.2) is 46.9 Å². The molecule has 0 bridgehead atoms. The number of nitrogens with one attached hydrogen (secondary N) is 2. The first-order valence-electron chi connectivity index (χ1n) is 14.0. The number of likely N-dealkylation sites (tertiary alicyclic amines) is 1. The van der Waals surface area contributed by atoms with E-state index in [4.69, 9.17) is 4.74 Å². The van der Waals surface area contributed by atoms with Crippen molar-refractivity contribution in [2.24, 2.45) is 5.92 Å². The van der Waals surface area contributed by atoms with E-state index in [1.165, 1.54) is 11.3 Å². The van der Waals surface area contributed by atoms with Gasteiger partial charge in [0.1, 0.15) is 32.8 Å². The molecule has 2 N–H and O–H groups in total. The molecule has 1 saturated carbocycles. The van der Waals surface area contributed by atoms with Gasteiger partial charge in [0.05, 0.1) is 28.5 Å². The fourth-order valence-electron chi connectivity index (χ4n) is 5.36. The quantitative estimate of drug-likeness (QED) is 0.204. The molecule has 0 atom stereocenters. The average Bonchev–Trinajstić information content (AvgIpc) is 3.73. The van der Waals surface area contributed by atoms with Gasteiger partial charge in [-0.1, -0.05) is 24.3 Å². The minimum atomic E-state index is -0.390. The number of anilines is 3. The summed E-state index contributed by atoms with van der Waals surface area (Å²) in [5, 5.41) is 16.0. The number of aryl methyl sites for hydroxylation is 1. The summed E-state index contributed by atoms with van der Waals surface area (Å²) in [7, 11) is 0. The number of amides is 4. The van der Waals surface area contributed by atoms with Crippen molar-refractivity contribution in [1.82, 2.24) is 15.2 Å². The number of hydrogen-bond donors (Lipinski definition) is 2. The van der Waals surface area contributed by atoms with Crippen LogP contribution in [0.5, 0.6) is 11.5 Å². The summed E-state index contributed by atoms with van der Waals surface area (Å²) < 4.78 is 5.96. The number of rotatable bonds is 7. The molecule has 1 saturated heterocycles. The molecule has 4 amide bonds. The van der Waals surface area contributed by atoms with Gasteiger partial charge < -0.3 is 20.3 Å². The lowest BCUT2D eigenvalue weighted by Crippen LogP contribution is -2.61. The fraction of sp³-hybridized carbons (Fsp3) is 0.219. The van der Waals surface area contributed by atoms with Crippen LogP contribution in [0.15, 0.2) is 72.4 Å². The van der Waals surface area contributed by atoms with E-state index in [9.17, 15) is 19.6 Å². The molecule has 11 heteroatoms. The Kier molecular flexibility index (Phi) is 6.55. The van der Waals surface area contributed by atoms with Crippen LogP contribution in [0, 0.1) is 24.2 Å². The highest BCUT2D eigenvalue weighted by Crippen LogP contribution is 2.46. The standard InChI is InChI=1S/C32H26N6O4S/c1-18-13-23(42-22-5-3-2-4-6-22)9-10-24(18)38-25-11-12-34-30-26(25)27(36-32(38)41)28(43-30)29(39)35-21-16-37(17-21)31(40)20(15-33)14-19-7-8-19/h2-6,9-14,19,21H,7-8,16-17H2,1H3,(H,35,39)(H,36,41). The summed E-state index contributed by atoms with van der Waals surface area (Å²) in [6, 6.07) is 18.1. The van der Waals surface area contributed by atoms with Crippen LogP contribution in [0.25, 0.3) is 10.2 Å². The van der Waals surface area contributed by atoms with E-state index in [-0.39, 0.29) is 29.5 Å². The lowest BCUT2D eigenvalue weighted by Gasteiger charge is -2.39. The Bertz CT molecular complexity index is 1870. The third-order valence-corrected chi connectivity index (χ3v) is 8.82. The summed E-state index contributed by atoms with van der Waals surface area (Å²) in [5.74, 6) is 1.05. The number of para-hydroxylation sites is 1. The second-order valence-electron chi connectivity index (χ2n) is 10.9. The maximum Gasteiger partial charge on any atom is 0.331 e. The molecule has 7 rings (SSSR count). The van der Waals surface area contributed by atoms with Crippen molar-refractivity contribution in [3.8, 4) is 17.6 Å². The third kappa shape index (κ3) is 4.96. The van der Waals surface area contributed by atoms with Crippen LogP contribution in [0.3, 0.4) is 0 Å². The van der Waals surface area contributed by atoms with Crippen molar-refractivity contribution in [3.63, 3.8) is 0 Å². The highest BCUT2D eigenvalue weighted by Gasteiger charge is 2.37. The van der Waals surface area contributed by atoms with E-state index in [1.807, 2.05) is 61.5 Å². The zero-order valence-electron chi connectivity index (χ0n) is 23.2. The number of nitrogens with zero attached hydrogens (tertiary/aromatic N) is 4. The van der Waals surface area contributed by atoms with E-state index >= 15 is 0 Å². The van der Waals surface area contributed by atoms with Crippen LogP contribution in [-0.2, 0) is 4.79 Å². The van der Waals surface area contributed by atoms with E-state index in [0.29, 0.717) is 62.7 Å². The predicted octanol–water partition coefficient (Wildman–Crippen LogP) is 5.88. The Morgan fingerprint density at radius 1 is 1.12 bits per heavy atom. The molecule has 2 fully saturated rings. The molecule has 2 aromatic heterocycles. The number of urea groups is 1. The highest BCUT2D eigenvalue weighted by molar-refractivity contribution is 7.21. The Hall–Kier alpha value is -5.21. The predicted molar refractivity (Wildman–Crippen MR) is 163 cm³/mol. The maximum atomic E-state index is 13.5. The second-order valence-corrected chi connectivity index (χ2v) is 11.9. The van der Waals surface area contributed by atoms with Crippen LogP contribution in [0.1, 0.15) is 28.1 Å². The monoisotopic (exact) mass is 590 g/mol. The molecule has 2 aliphatic heterocycles. The Balaban J connectivity index is 1.10. The van der Waals surface area contributed by atoms with Crippen molar-refractivity contribution < 1.29 is 19.1 Å². The van der Waals surface area contributed by atoms with Crippen molar-refractivity contribution >= 4 is 56.5 Å². The number of aromatic nitrogens is 1. The van der Waals surface area contributed by atoms with E-state index < -0.39 is 0 Å². The molecule has 0 spiro atoms. The molecular formula is C32H26N6O4S. The molecular weight excluding hydrogens is 564 g/mol. The Labute approximate surface area is 251 Å². The molecule has 43 heavy (non-hydrogen) atoms. The van der Waals surface area contributed by atoms with Gasteiger partial charge in [-0.2, -0.15) is 5.26 Å². The molecule has 3 aliphatic rings. The largest absolute Gasteiger partial charge is 0.457 e. The fourth-order valence-corrected chi connectivity index (χ4v) is 6.38. The molecule has 214 valence electrons. The van der Waals surface area contributed by atoms with Crippen molar-refractivity contribution in [3.05, 3.63) is 82.9 Å². The van der Waals surface area contributed by atoms with Gasteiger partial charge in [0, 0.05) is 19.3 Å².